The maximum atomic E-state index is 12.1. The summed E-state index contributed by atoms with van der Waals surface area (Å²) in [6.45, 7) is -0.0903. The van der Waals surface area contributed by atoms with E-state index in [1.807, 2.05) is 0 Å². The molecule has 2 aromatic heterocycles. The molecule has 0 radical (unpaired) electrons. The maximum Gasteiger partial charge on any atom is 0.333 e. The second-order valence-corrected chi connectivity index (χ2v) is 3.84. The predicted molar refractivity (Wildman–Crippen MR) is 70.4 cm³/mol. The third-order valence-electron chi connectivity index (χ3n) is 2.65. The standard InChI is InChI=1S/C12H12N4O3/c1-2-5-15-11(17)9(13)10(14)16(12(15)18)7-8-4-3-6-19-8/h1,3-4,6H,5,7,13-14H2. The summed E-state index contributed by atoms with van der Waals surface area (Å²) in [5.41, 5.74) is 9.78. The fourth-order valence-electron chi connectivity index (χ4n) is 1.68. The molecule has 0 saturated carbocycles. The molecule has 0 aliphatic rings. The second-order valence-electron chi connectivity index (χ2n) is 3.84. The molecular formula is C12H12N4O3. The number of rotatable bonds is 3. The molecule has 0 fully saturated rings. The van der Waals surface area contributed by atoms with Crippen molar-refractivity contribution < 1.29 is 4.42 Å². The number of anilines is 2. The highest BCUT2D eigenvalue weighted by Crippen LogP contribution is 2.09. The first-order valence-electron chi connectivity index (χ1n) is 5.40. The Morgan fingerprint density at radius 3 is 2.63 bits per heavy atom. The smallest absolute Gasteiger partial charge is 0.333 e. The number of nitrogens with two attached hydrogens (primary N) is 2. The molecule has 7 nitrogen and oxygen atoms in total. The van der Waals surface area contributed by atoms with Crippen LogP contribution in [0.3, 0.4) is 0 Å². The highest BCUT2D eigenvalue weighted by molar-refractivity contribution is 5.56. The van der Waals surface area contributed by atoms with E-state index < -0.39 is 11.2 Å². The van der Waals surface area contributed by atoms with E-state index in [0.29, 0.717) is 5.76 Å². The molecule has 19 heavy (non-hydrogen) atoms. The van der Waals surface area contributed by atoms with Gasteiger partial charge in [0.1, 0.15) is 17.3 Å². The number of furan rings is 1. The van der Waals surface area contributed by atoms with E-state index in [1.165, 1.54) is 6.26 Å². The van der Waals surface area contributed by atoms with Gasteiger partial charge in [0.05, 0.1) is 19.4 Å². The van der Waals surface area contributed by atoms with Crippen molar-refractivity contribution in [2.24, 2.45) is 0 Å². The summed E-state index contributed by atoms with van der Waals surface area (Å²) in [5, 5.41) is 0. The minimum absolute atomic E-state index is 0.0761. The van der Waals surface area contributed by atoms with Crippen molar-refractivity contribution in [3.05, 3.63) is 45.0 Å². The lowest BCUT2D eigenvalue weighted by Crippen LogP contribution is -2.42. The lowest BCUT2D eigenvalue weighted by atomic mass is 10.4. The first-order chi connectivity index (χ1) is 9.06. The van der Waals surface area contributed by atoms with Crippen molar-refractivity contribution in [1.82, 2.24) is 9.13 Å². The normalized spacial score (nSPS) is 10.3. The predicted octanol–water partition coefficient (Wildman–Crippen LogP) is -0.551. The van der Waals surface area contributed by atoms with E-state index in [4.69, 9.17) is 22.3 Å². The van der Waals surface area contributed by atoms with Gasteiger partial charge in [-0.1, -0.05) is 5.92 Å². The Morgan fingerprint density at radius 1 is 1.32 bits per heavy atom. The van der Waals surface area contributed by atoms with Gasteiger partial charge < -0.3 is 15.9 Å². The number of nitrogen functional groups attached to an aromatic ring is 2. The van der Waals surface area contributed by atoms with Gasteiger partial charge in [0, 0.05) is 0 Å². The van der Waals surface area contributed by atoms with Crippen LogP contribution in [-0.2, 0) is 13.1 Å². The van der Waals surface area contributed by atoms with Gasteiger partial charge >= 0.3 is 5.69 Å². The molecular weight excluding hydrogens is 248 g/mol. The molecule has 0 aliphatic carbocycles. The van der Waals surface area contributed by atoms with E-state index in [1.54, 1.807) is 12.1 Å². The molecule has 0 saturated heterocycles. The van der Waals surface area contributed by atoms with Crippen LogP contribution in [0.1, 0.15) is 5.76 Å². The maximum absolute atomic E-state index is 12.1. The van der Waals surface area contributed by atoms with Crippen LogP contribution in [0.4, 0.5) is 11.5 Å². The Hall–Kier alpha value is -2.88. The van der Waals surface area contributed by atoms with Gasteiger partial charge in [-0.3, -0.25) is 9.36 Å². The van der Waals surface area contributed by atoms with Crippen molar-refractivity contribution >= 4 is 11.5 Å². The average molecular weight is 260 g/mol. The highest BCUT2D eigenvalue weighted by atomic mass is 16.3. The third kappa shape index (κ3) is 2.11. The zero-order valence-electron chi connectivity index (χ0n) is 10.00. The average Bonchev–Trinajstić information content (AvgIpc) is 2.90. The van der Waals surface area contributed by atoms with E-state index in [9.17, 15) is 9.59 Å². The van der Waals surface area contributed by atoms with E-state index in [0.717, 1.165) is 9.13 Å². The Morgan fingerprint density at radius 2 is 2.05 bits per heavy atom. The van der Waals surface area contributed by atoms with Crippen LogP contribution >= 0.6 is 0 Å². The molecule has 2 aromatic rings. The van der Waals surface area contributed by atoms with Crippen molar-refractivity contribution in [2.75, 3.05) is 11.5 Å². The Labute approximate surface area is 108 Å². The zero-order valence-corrected chi connectivity index (χ0v) is 10.00. The molecule has 0 spiro atoms. The topological polar surface area (TPSA) is 109 Å². The molecule has 0 amide bonds. The molecule has 0 aromatic carbocycles. The molecule has 0 unspecified atom stereocenters. The summed E-state index contributed by atoms with van der Waals surface area (Å²) in [6, 6.07) is 3.36. The first-order valence-corrected chi connectivity index (χ1v) is 5.40. The number of nitrogens with zero attached hydrogens (tertiary/aromatic N) is 2. The molecule has 2 rings (SSSR count). The number of hydrogen-bond acceptors (Lipinski definition) is 5. The van der Waals surface area contributed by atoms with Crippen LogP contribution in [0.2, 0.25) is 0 Å². The molecule has 7 heteroatoms. The van der Waals surface area contributed by atoms with E-state index >= 15 is 0 Å². The van der Waals surface area contributed by atoms with Gasteiger partial charge in [0.25, 0.3) is 5.56 Å². The Kier molecular flexibility index (Phi) is 3.16. The lowest BCUT2D eigenvalue weighted by Gasteiger charge is -2.12. The fraction of sp³-hybridized carbons (Fsp3) is 0.167. The van der Waals surface area contributed by atoms with Crippen molar-refractivity contribution in [2.45, 2.75) is 13.1 Å². The molecule has 0 bridgehead atoms. The van der Waals surface area contributed by atoms with Crippen molar-refractivity contribution in [3.8, 4) is 12.3 Å². The quantitative estimate of drug-likeness (QED) is 0.719. The van der Waals surface area contributed by atoms with Gasteiger partial charge in [-0.25, -0.2) is 9.36 Å². The summed E-state index contributed by atoms with van der Waals surface area (Å²) in [7, 11) is 0. The number of aromatic nitrogens is 2. The second kappa shape index (κ2) is 4.78. The van der Waals surface area contributed by atoms with Gasteiger partial charge in [0.15, 0.2) is 0 Å². The van der Waals surface area contributed by atoms with Gasteiger partial charge in [0.2, 0.25) is 0 Å². The van der Waals surface area contributed by atoms with Crippen molar-refractivity contribution in [1.29, 1.82) is 0 Å². The lowest BCUT2D eigenvalue weighted by molar-refractivity contribution is 0.483. The monoisotopic (exact) mass is 260 g/mol. The van der Waals surface area contributed by atoms with Crippen molar-refractivity contribution in [3.63, 3.8) is 0 Å². The Bertz CT molecular complexity index is 747. The Balaban J connectivity index is 2.64. The van der Waals surface area contributed by atoms with Crippen LogP contribution in [0.15, 0.2) is 32.4 Å². The van der Waals surface area contributed by atoms with Crippen LogP contribution in [-0.4, -0.2) is 9.13 Å². The molecule has 0 aliphatic heterocycles. The summed E-state index contributed by atoms with van der Waals surface area (Å²) in [5.74, 6) is 2.64. The van der Waals surface area contributed by atoms with Crippen LogP contribution in [0, 0.1) is 12.3 Å². The highest BCUT2D eigenvalue weighted by Gasteiger charge is 2.15. The summed E-state index contributed by atoms with van der Waals surface area (Å²) in [4.78, 5) is 23.9. The first kappa shape index (κ1) is 12.6. The molecule has 2 heterocycles. The minimum atomic E-state index is -0.684. The fourth-order valence-corrected chi connectivity index (χ4v) is 1.68. The van der Waals surface area contributed by atoms with Gasteiger partial charge in [-0.05, 0) is 12.1 Å². The largest absolute Gasteiger partial charge is 0.467 e. The summed E-state index contributed by atoms with van der Waals surface area (Å²) < 4.78 is 7.14. The van der Waals surface area contributed by atoms with Gasteiger partial charge in [-0.15, -0.1) is 6.42 Å². The van der Waals surface area contributed by atoms with E-state index in [2.05, 4.69) is 5.92 Å². The zero-order chi connectivity index (χ0) is 14.0. The third-order valence-corrected chi connectivity index (χ3v) is 2.65. The van der Waals surface area contributed by atoms with Crippen LogP contribution in [0.25, 0.3) is 0 Å². The van der Waals surface area contributed by atoms with Crippen LogP contribution in [0.5, 0.6) is 0 Å². The van der Waals surface area contributed by atoms with E-state index in [-0.39, 0.29) is 24.6 Å². The molecule has 4 N–H and O–H groups in total. The molecule has 98 valence electrons. The summed E-state index contributed by atoms with van der Waals surface area (Å²) >= 11 is 0. The van der Waals surface area contributed by atoms with Crippen LogP contribution < -0.4 is 22.7 Å². The molecule has 0 atom stereocenters. The minimum Gasteiger partial charge on any atom is -0.467 e. The number of terminal acetylenes is 1. The number of hydrogen-bond donors (Lipinski definition) is 2. The SMILES string of the molecule is C#CCn1c(=O)c(N)c(N)n(Cc2ccco2)c1=O. The summed E-state index contributed by atoms with van der Waals surface area (Å²) in [6.07, 6.45) is 6.59. The van der Waals surface area contributed by atoms with Gasteiger partial charge in [-0.2, -0.15) is 0 Å².